The summed E-state index contributed by atoms with van der Waals surface area (Å²) in [7, 11) is 1.80. The molecular weight excluding hydrogens is 200 g/mol. The van der Waals surface area contributed by atoms with Gasteiger partial charge in [0, 0.05) is 31.8 Å². The predicted octanol–water partition coefficient (Wildman–Crippen LogP) is 1.63. The molecule has 2 aliphatic rings. The van der Waals surface area contributed by atoms with E-state index in [4.69, 9.17) is 4.74 Å². The van der Waals surface area contributed by atoms with E-state index >= 15 is 0 Å². The zero-order chi connectivity index (χ0) is 11.4. The Bertz CT molecular complexity index is 210. The summed E-state index contributed by atoms with van der Waals surface area (Å²) in [4.78, 5) is 2.68. The van der Waals surface area contributed by atoms with Gasteiger partial charge in [-0.2, -0.15) is 0 Å². The van der Waals surface area contributed by atoms with Gasteiger partial charge in [0.2, 0.25) is 0 Å². The Balaban J connectivity index is 1.84. The van der Waals surface area contributed by atoms with Gasteiger partial charge in [-0.05, 0) is 32.2 Å². The molecule has 0 saturated carbocycles. The van der Waals surface area contributed by atoms with E-state index in [-0.39, 0.29) is 0 Å². The molecule has 3 heteroatoms. The molecule has 0 bridgehead atoms. The maximum Gasteiger partial charge on any atom is 0.0615 e. The quantitative estimate of drug-likeness (QED) is 0.771. The molecule has 16 heavy (non-hydrogen) atoms. The van der Waals surface area contributed by atoms with Crippen LogP contribution < -0.4 is 5.32 Å². The average molecular weight is 226 g/mol. The Morgan fingerprint density at radius 1 is 1.31 bits per heavy atom. The topological polar surface area (TPSA) is 24.5 Å². The Morgan fingerprint density at radius 3 is 2.94 bits per heavy atom. The largest absolute Gasteiger partial charge is 0.383 e. The minimum Gasteiger partial charge on any atom is -0.383 e. The van der Waals surface area contributed by atoms with Crippen molar-refractivity contribution in [3.63, 3.8) is 0 Å². The lowest BCUT2D eigenvalue weighted by molar-refractivity contribution is 0.140. The Kier molecular flexibility index (Phi) is 4.62. The monoisotopic (exact) mass is 226 g/mol. The van der Waals surface area contributed by atoms with Crippen LogP contribution in [0, 0.1) is 0 Å². The number of hydrogen-bond acceptors (Lipinski definition) is 3. The molecule has 0 spiro atoms. The minimum atomic E-state index is 0.539. The van der Waals surface area contributed by atoms with Gasteiger partial charge in [-0.25, -0.2) is 0 Å². The van der Waals surface area contributed by atoms with Crippen LogP contribution >= 0.6 is 0 Å². The van der Waals surface area contributed by atoms with Gasteiger partial charge in [-0.1, -0.05) is 13.3 Å². The summed E-state index contributed by atoms with van der Waals surface area (Å²) in [5.74, 6) is 0. The first-order valence-corrected chi connectivity index (χ1v) is 6.84. The molecular formula is C13H26N2O. The smallest absolute Gasteiger partial charge is 0.0615 e. The number of fused-ring (bicyclic) bond motifs is 1. The molecule has 2 heterocycles. The summed E-state index contributed by atoms with van der Waals surface area (Å²) in [5.41, 5.74) is 0. The van der Waals surface area contributed by atoms with Crippen LogP contribution in [0.2, 0.25) is 0 Å². The lowest BCUT2D eigenvalue weighted by Crippen LogP contribution is -2.49. The molecule has 0 radical (unpaired) electrons. The first-order valence-electron chi connectivity index (χ1n) is 6.84. The van der Waals surface area contributed by atoms with Gasteiger partial charge in [0.1, 0.15) is 0 Å². The van der Waals surface area contributed by atoms with Crippen molar-refractivity contribution in [1.82, 2.24) is 10.2 Å². The number of ether oxygens (including phenoxy) is 1. The number of nitrogens with one attached hydrogen (secondary N) is 1. The van der Waals surface area contributed by atoms with Gasteiger partial charge in [-0.3, -0.25) is 4.90 Å². The molecule has 1 N–H and O–H groups in total. The highest BCUT2D eigenvalue weighted by molar-refractivity contribution is 4.95. The van der Waals surface area contributed by atoms with Crippen LogP contribution in [-0.4, -0.2) is 49.8 Å². The van der Waals surface area contributed by atoms with E-state index in [1.54, 1.807) is 7.11 Å². The second-order valence-electron chi connectivity index (χ2n) is 5.22. The Hall–Kier alpha value is -0.120. The molecule has 0 aliphatic carbocycles. The zero-order valence-corrected chi connectivity index (χ0v) is 10.7. The summed E-state index contributed by atoms with van der Waals surface area (Å²) in [6.45, 7) is 5.71. The van der Waals surface area contributed by atoms with E-state index in [9.17, 15) is 0 Å². The SMILES string of the molecule is CCC(COC)NC1CCN2CCCCC12. The van der Waals surface area contributed by atoms with Crippen LogP contribution in [0.5, 0.6) is 0 Å². The van der Waals surface area contributed by atoms with Crippen LogP contribution in [-0.2, 0) is 4.74 Å². The zero-order valence-electron chi connectivity index (χ0n) is 10.7. The molecule has 2 fully saturated rings. The van der Waals surface area contributed by atoms with Crippen molar-refractivity contribution in [2.24, 2.45) is 0 Å². The van der Waals surface area contributed by atoms with E-state index in [1.807, 2.05) is 0 Å². The van der Waals surface area contributed by atoms with E-state index in [0.29, 0.717) is 12.1 Å². The van der Waals surface area contributed by atoms with Crippen molar-refractivity contribution in [1.29, 1.82) is 0 Å². The third-order valence-corrected chi connectivity index (χ3v) is 4.17. The second-order valence-corrected chi connectivity index (χ2v) is 5.22. The standard InChI is InChI=1S/C13H26N2O/c1-3-11(10-16-2)14-12-7-9-15-8-5-4-6-13(12)15/h11-14H,3-10H2,1-2H3. The van der Waals surface area contributed by atoms with E-state index in [0.717, 1.165) is 19.1 Å². The third kappa shape index (κ3) is 2.76. The summed E-state index contributed by atoms with van der Waals surface area (Å²) < 4.78 is 5.27. The minimum absolute atomic E-state index is 0.539. The number of nitrogens with zero attached hydrogens (tertiary/aromatic N) is 1. The molecule has 0 amide bonds. The van der Waals surface area contributed by atoms with Crippen molar-refractivity contribution in [3.8, 4) is 0 Å². The van der Waals surface area contributed by atoms with Gasteiger partial charge >= 0.3 is 0 Å². The summed E-state index contributed by atoms with van der Waals surface area (Å²) >= 11 is 0. The van der Waals surface area contributed by atoms with E-state index in [1.165, 1.54) is 38.8 Å². The molecule has 2 saturated heterocycles. The summed E-state index contributed by atoms with van der Waals surface area (Å²) in [6, 6.07) is 2.05. The highest BCUT2D eigenvalue weighted by Gasteiger charge is 2.35. The van der Waals surface area contributed by atoms with Crippen LogP contribution in [0.4, 0.5) is 0 Å². The lowest BCUT2D eigenvalue weighted by atomic mass is 9.98. The lowest BCUT2D eigenvalue weighted by Gasteiger charge is -2.34. The molecule has 3 atom stereocenters. The van der Waals surface area contributed by atoms with Gasteiger partial charge < -0.3 is 10.1 Å². The molecule has 0 aromatic rings. The fourth-order valence-electron chi connectivity index (χ4n) is 3.23. The molecule has 2 rings (SSSR count). The third-order valence-electron chi connectivity index (χ3n) is 4.17. The second kappa shape index (κ2) is 5.99. The molecule has 0 aromatic heterocycles. The number of rotatable bonds is 5. The maximum atomic E-state index is 5.27. The van der Waals surface area contributed by atoms with Gasteiger partial charge in [0.15, 0.2) is 0 Å². The van der Waals surface area contributed by atoms with Crippen molar-refractivity contribution in [2.45, 2.75) is 57.2 Å². The van der Waals surface area contributed by atoms with Crippen molar-refractivity contribution >= 4 is 0 Å². The van der Waals surface area contributed by atoms with E-state index in [2.05, 4.69) is 17.1 Å². The van der Waals surface area contributed by atoms with Crippen molar-refractivity contribution < 1.29 is 4.74 Å². The van der Waals surface area contributed by atoms with Gasteiger partial charge in [-0.15, -0.1) is 0 Å². The van der Waals surface area contributed by atoms with Crippen molar-refractivity contribution in [2.75, 3.05) is 26.8 Å². The van der Waals surface area contributed by atoms with E-state index < -0.39 is 0 Å². The molecule has 3 nitrogen and oxygen atoms in total. The van der Waals surface area contributed by atoms with Crippen LogP contribution in [0.1, 0.15) is 39.0 Å². The average Bonchev–Trinajstić information content (AvgIpc) is 2.72. The Labute approximate surface area is 99.5 Å². The molecule has 2 aliphatic heterocycles. The number of hydrogen-bond donors (Lipinski definition) is 1. The Morgan fingerprint density at radius 2 is 2.19 bits per heavy atom. The number of piperidine rings is 1. The molecule has 94 valence electrons. The summed E-state index contributed by atoms with van der Waals surface area (Å²) in [5, 5.41) is 3.80. The normalized spacial score (nSPS) is 32.6. The maximum absolute atomic E-state index is 5.27. The highest BCUT2D eigenvalue weighted by atomic mass is 16.5. The first kappa shape index (κ1) is 12.3. The first-order chi connectivity index (χ1) is 7.85. The molecule has 3 unspecified atom stereocenters. The van der Waals surface area contributed by atoms with Crippen LogP contribution in [0.25, 0.3) is 0 Å². The van der Waals surface area contributed by atoms with Gasteiger partial charge in [0.25, 0.3) is 0 Å². The fraction of sp³-hybridized carbons (Fsp3) is 1.00. The van der Waals surface area contributed by atoms with Gasteiger partial charge in [0.05, 0.1) is 6.61 Å². The van der Waals surface area contributed by atoms with Crippen LogP contribution in [0.3, 0.4) is 0 Å². The number of methoxy groups -OCH3 is 1. The fourth-order valence-corrected chi connectivity index (χ4v) is 3.23. The predicted molar refractivity (Wildman–Crippen MR) is 66.7 cm³/mol. The van der Waals surface area contributed by atoms with Crippen molar-refractivity contribution in [3.05, 3.63) is 0 Å². The van der Waals surface area contributed by atoms with Crippen LogP contribution in [0.15, 0.2) is 0 Å². The highest BCUT2D eigenvalue weighted by Crippen LogP contribution is 2.27. The molecule has 0 aromatic carbocycles. The summed E-state index contributed by atoms with van der Waals surface area (Å²) in [6.07, 6.45) is 6.70.